The smallest absolute Gasteiger partial charge is 0.335 e. The van der Waals surface area contributed by atoms with Crippen LogP contribution in [-0.4, -0.2) is 38.6 Å². The number of carboxylic acid groups (broad SMARTS) is 1. The fourth-order valence-corrected chi connectivity index (χ4v) is 5.30. The summed E-state index contributed by atoms with van der Waals surface area (Å²) in [4.78, 5) is 18.3. The first kappa shape index (κ1) is 20.0. The molecule has 1 aromatic carbocycles. The largest absolute Gasteiger partial charge is 0.478 e. The molecule has 158 valence electrons. The lowest BCUT2D eigenvalue weighted by Gasteiger charge is -2.32. The number of hydrogen-bond donors (Lipinski definition) is 1. The van der Waals surface area contributed by atoms with Crippen LogP contribution in [0.1, 0.15) is 45.8 Å². The van der Waals surface area contributed by atoms with Gasteiger partial charge in [-0.3, -0.25) is 4.90 Å². The van der Waals surface area contributed by atoms with E-state index < -0.39 is 5.97 Å². The lowest BCUT2D eigenvalue weighted by molar-refractivity contribution is 0.0696. The van der Waals surface area contributed by atoms with Crippen molar-refractivity contribution in [3.63, 3.8) is 0 Å². The highest BCUT2D eigenvalue weighted by molar-refractivity contribution is 7.07. The number of aromatic nitrogens is 2. The number of aromatic carboxylic acids is 1. The summed E-state index contributed by atoms with van der Waals surface area (Å²) in [6.45, 7) is 3.68. The molecular weight excluding hydrogens is 406 g/mol. The summed E-state index contributed by atoms with van der Waals surface area (Å²) in [5, 5.41) is 14.8. The van der Waals surface area contributed by atoms with E-state index in [1.165, 1.54) is 16.5 Å². The third kappa shape index (κ3) is 4.27. The van der Waals surface area contributed by atoms with Gasteiger partial charge in [0.25, 0.3) is 0 Å². The fraction of sp³-hybridized carbons (Fsp3) is 0.280. The summed E-state index contributed by atoms with van der Waals surface area (Å²) in [6, 6.07) is 13.7. The van der Waals surface area contributed by atoms with Crippen LogP contribution in [0.4, 0.5) is 0 Å². The zero-order valence-electron chi connectivity index (χ0n) is 17.3. The highest BCUT2D eigenvalue weighted by Gasteiger charge is 2.24. The number of likely N-dealkylation sites (tertiary alicyclic amines) is 1. The number of fused-ring (bicyclic) bond motifs is 1. The number of thiophene rings is 1. The molecule has 0 atom stereocenters. The predicted molar refractivity (Wildman–Crippen MR) is 124 cm³/mol. The Morgan fingerprint density at radius 3 is 2.74 bits per heavy atom. The van der Waals surface area contributed by atoms with E-state index in [-0.39, 0.29) is 0 Å². The second-order valence-electron chi connectivity index (χ2n) is 8.27. The van der Waals surface area contributed by atoms with Gasteiger partial charge in [0.05, 0.1) is 5.56 Å². The van der Waals surface area contributed by atoms with E-state index in [2.05, 4.69) is 43.5 Å². The van der Waals surface area contributed by atoms with Crippen LogP contribution in [0.2, 0.25) is 0 Å². The first-order chi connectivity index (χ1) is 15.2. The molecular formula is C25H25N3O2S. The van der Waals surface area contributed by atoms with Gasteiger partial charge in [0.15, 0.2) is 0 Å². The molecule has 0 amide bonds. The zero-order chi connectivity index (χ0) is 21.2. The Labute approximate surface area is 185 Å². The van der Waals surface area contributed by atoms with Crippen LogP contribution in [0.3, 0.4) is 0 Å². The third-order valence-corrected chi connectivity index (χ3v) is 6.94. The van der Waals surface area contributed by atoms with Gasteiger partial charge < -0.3 is 9.67 Å². The lowest BCUT2D eigenvalue weighted by Crippen LogP contribution is -2.32. The van der Waals surface area contributed by atoms with Crippen LogP contribution in [0, 0.1) is 0 Å². The van der Waals surface area contributed by atoms with E-state index >= 15 is 0 Å². The molecule has 4 aromatic rings. The number of carbonyl (C=O) groups is 1. The molecule has 1 N–H and O–H groups in total. The topological polar surface area (TPSA) is 58.4 Å². The standard InChI is InChI=1S/C25H25N3O2S/c29-25(30)21-4-1-3-18(13-21)14-27-10-6-20(7-11-27)23-16-28(15-19-8-12-31-17-19)24-22(23)5-2-9-26-24/h1-5,8-9,12-13,16-17,20H,6-7,10-11,14-15H2,(H,29,30). The molecule has 0 bridgehead atoms. The van der Waals surface area contributed by atoms with Gasteiger partial charge in [-0.1, -0.05) is 12.1 Å². The first-order valence-electron chi connectivity index (χ1n) is 10.7. The molecule has 1 saturated heterocycles. The van der Waals surface area contributed by atoms with E-state index in [9.17, 15) is 9.90 Å². The van der Waals surface area contributed by atoms with E-state index in [0.29, 0.717) is 11.5 Å². The van der Waals surface area contributed by atoms with Gasteiger partial charge in [-0.2, -0.15) is 11.3 Å². The van der Waals surface area contributed by atoms with E-state index in [1.54, 1.807) is 23.5 Å². The van der Waals surface area contributed by atoms with Gasteiger partial charge in [0.1, 0.15) is 5.65 Å². The summed E-state index contributed by atoms with van der Waals surface area (Å²) >= 11 is 1.73. The van der Waals surface area contributed by atoms with Crippen molar-refractivity contribution in [3.05, 3.63) is 87.9 Å². The van der Waals surface area contributed by atoms with Crippen LogP contribution < -0.4 is 0 Å². The molecule has 0 radical (unpaired) electrons. The van der Waals surface area contributed by atoms with Gasteiger partial charge in [-0.05, 0) is 89.6 Å². The number of pyridine rings is 1. The minimum absolute atomic E-state index is 0.360. The Kier molecular flexibility index (Phi) is 5.57. The van der Waals surface area contributed by atoms with Crippen molar-refractivity contribution in [2.45, 2.75) is 31.8 Å². The van der Waals surface area contributed by atoms with Crippen molar-refractivity contribution >= 4 is 28.3 Å². The second kappa shape index (κ2) is 8.65. The molecule has 0 aliphatic carbocycles. The number of rotatable bonds is 6. The van der Waals surface area contributed by atoms with Crippen LogP contribution >= 0.6 is 11.3 Å². The van der Waals surface area contributed by atoms with Crippen molar-refractivity contribution in [2.24, 2.45) is 0 Å². The normalized spacial score (nSPS) is 15.5. The highest BCUT2D eigenvalue weighted by atomic mass is 32.1. The van der Waals surface area contributed by atoms with Crippen molar-refractivity contribution in [3.8, 4) is 0 Å². The molecule has 0 spiro atoms. The molecule has 3 aromatic heterocycles. The molecule has 1 aliphatic heterocycles. The monoisotopic (exact) mass is 431 g/mol. The Morgan fingerprint density at radius 1 is 1.10 bits per heavy atom. The zero-order valence-corrected chi connectivity index (χ0v) is 18.1. The Bertz CT molecular complexity index is 1190. The molecule has 1 fully saturated rings. The predicted octanol–water partition coefficient (Wildman–Crippen LogP) is 5.22. The molecule has 5 nitrogen and oxygen atoms in total. The minimum atomic E-state index is -0.868. The molecule has 6 heteroatoms. The summed E-state index contributed by atoms with van der Waals surface area (Å²) in [7, 11) is 0. The first-order valence-corrected chi connectivity index (χ1v) is 11.6. The van der Waals surface area contributed by atoms with Crippen LogP contribution in [0.15, 0.2) is 65.6 Å². The van der Waals surface area contributed by atoms with E-state index in [4.69, 9.17) is 0 Å². The second-order valence-corrected chi connectivity index (χ2v) is 9.05. The Balaban J connectivity index is 1.30. The molecule has 0 unspecified atom stereocenters. The third-order valence-electron chi connectivity index (χ3n) is 6.21. The molecule has 0 saturated carbocycles. The summed E-state index contributed by atoms with van der Waals surface area (Å²) in [5.41, 5.74) is 5.22. The average molecular weight is 432 g/mol. The van der Waals surface area contributed by atoms with Gasteiger partial charge in [0, 0.05) is 30.9 Å². The number of piperidine rings is 1. The van der Waals surface area contributed by atoms with Crippen molar-refractivity contribution in [1.29, 1.82) is 0 Å². The number of nitrogens with zero attached hydrogens (tertiary/aromatic N) is 3. The van der Waals surface area contributed by atoms with Gasteiger partial charge >= 0.3 is 5.97 Å². The summed E-state index contributed by atoms with van der Waals surface area (Å²) in [5.74, 6) is -0.343. The maximum atomic E-state index is 11.2. The Morgan fingerprint density at radius 2 is 1.97 bits per heavy atom. The maximum absolute atomic E-state index is 11.2. The number of hydrogen-bond acceptors (Lipinski definition) is 4. The van der Waals surface area contributed by atoms with E-state index in [1.807, 2.05) is 24.4 Å². The summed E-state index contributed by atoms with van der Waals surface area (Å²) < 4.78 is 2.29. The van der Waals surface area contributed by atoms with Crippen LogP contribution in [-0.2, 0) is 13.1 Å². The molecule has 4 heterocycles. The van der Waals surface area contributed by atoms with Gasteiger partial charge in [-0.25, -0.2) is 9.78 Å². The minimum Gasteiger partial charge on any atom is -0.478 e. The maximum Gasteiger partial charge on any atom is 0.335 e. The fourth-order valence-electron chi connectivity index (χ4n) is 4.64. The highest BCUT2D eigenvalue weighted by Crippen LogP contribution is 2.34. The Hall–Kier alpha value is -2.96. The van der Waals surface area contributed by atoms with E-state index in [0.717, 1.165) is 50.2 Å². The molecule has 5 rings (SSSR count). The van der Waals surface area contributed by atoms with Crippen molar-refractivity contribution in [2.75, 3.05) is 13.1 Å². The van der Waals surface area contributed by atoms with Crippen LogP contribution in [0.5, 0.6) is 0 Å². The molecule has 31 heavy (non-hydrogen) atoms. The lowest BCUT2D eigenvalue weighted by atomic mass is 9.89. The van der Waals surface area contributed by atoms with Gasteiger partial charge in [0.2, 0.25) is 0 Å². The quantitative estimate of drug-likeness (QED) is 0.454. The van der Waals surface area contributed by atoms with Crippen molar-refractivity contribution < 1.29 is 9.90 Å². The number of benzene rings is 1. The average Bonchev–Trinajstić information content (AvgIpc) is 3.43. The van der Waals surface area contributed by atoms with Crippen molar-refractivity contribution in [1.82, 2.24) is 14.5 Å². The van der Waals surface area contributed by atoms with Gasteiger partial charge in [-0.15, -0.1) is 0 Å². The SMILES string of the molecule is O=C(O)c1cccc(CN2CCC(c3cn(Cc4ccsc4)c4ncccc34)CC2)c1. The number of carboxylic acids is 1. The molecule has 1 aliphatic rings. The summed E-state index contributed by atoms with van der Waals surface area (Å²) in [6.07, 6.45) is 6.40. The van der Waals surface area contributed by atoms with Crippen LogP contribution in [0.25, 0.3) is 11.0 Å².